The Hall–Kier alpha value is -9.30. The Morgan fingerprint density at radius 2 is 0.611 bits per heavy atom. The molecular weight excluding hydrogens is 867 g/mol. The van der Waals surface area contributed by atoms with Crippen molar-refractivity contribution >= 4 is 92.5 Å². The molecule has 0 aliphatic heterocycles. The number of rotatable bonds is 4. The van der Waals surface area contributed by atoms with Gasteiger partial charge >= 0.3 is 0 Å². The molecule has 0 N–H and O–H groups in total. The number of hydrogen-bond donors (Lipinski definition) is 0. The van der Waals surface area contributed by atoms with Crippen molar-refractivity contribution in [3.8, 4) is 33.4 Å². The summed E-state index contributed by atoms with van der Waals surface area (Å²) in [5.41, 5.74) is 15.6. The quantitative estimate of drug-likeness (QED) is 0.159. The maximum absolute atomic E-state index is 2.59. The molecule has 0 heterocycles. The number of fused-ring (bicyclic) bond motifs is 23. The molecule has 0 unspecified atom stereocenters. The summed E-state index contributed by atoms with van der Waals surface area (Å²) in [7, 11) is 0. The second-order valence-electron chi connectivity index (χ2n) is 19.8. The first kappa shape index (κ1) is 39.5. The summed E-state index contributed by atoms with van der Waals surface area (Å²) >= 11 is 0. The first-order valence-electron chi connectivity index (χ1n) is 25.2. The molecule has 1 heteroatoms. The summed E-state index contributed by atoms with van der Waals surface area (Å²) < 4.78 is 0. The number of hydrogen-bond acceptors (Lipinski definition) is 1. The van der Waals surface area contributed by atoms with E-state index in [4.69, 9.17) is 0 Å². The Labute approximate surface area is 417 Å². The van der Waals surface area contributed by atoms with Gasteiger partial charge in [0.2, 0.25) is 0 Å². The Morgan fingerprint density at radius 1 is 0.222 bits per heavy atom. The standard InChI is InChI=1S/C71H43N/c1-2-18-45-39-47(35-33-44(45)17-1)72(48-36-38-58-54-24-6-4-20-50(54)52-22-8-10-26-56(52)64(58)41-48)70-43-69-65(61-29-13-16-32-68(61)71(69)66-30-14-11-27-59(66)60-28-12-15-31-67(60)71)42-62(70)46-34-37-57-53-23-5-3-19-49(53)51-21-7-9-25-55(51)63(57)40-46/h1-43H. The van der Waals surface area contributed by atoms with E-state index in [1.807, 2.05) is 0 Å². The van der Waals surface area contributed by atoms with E-state index in [9.17, 15) is 0 Å². The normalized spacial score (nSPS) is 13.1. The molecule has 72 heavy (non-hydrogen) atoms. The number of benzene rings is 14. The van der Waals surface area contributed by atoms with Crippen LogP contribution in [0.4, 0.5) is 17.1 Å². The molecule has 2 aliphatic rings. The van der Waals surface area contributed by atoms with Crippen molar-refractivity contribution in [2.75, 3.05) is 4.90 Å². The molecule has 0 aromatic heterocycles. The minimum atomic E-state index is -0.529. The summed E-state index contributed by atoms with van der Waals surface area (Å²) in [5.74, 6) is 0. The van der Waals surface area contributed by atoms with Crippen LogP contribution in [0.2, 0.25) is 0 Å². The van der Waals surface area contributed by atoms with E-state index in [0.717, 1.165) is 17.1 Å². The third-order valence-electron chi connectivity index (χ3n) is 16.4. The zero-order valence-electron chi connectivity index (χ0n) is 39.3. The Bertz CT molecular complexity index is 4540. The van der Waals surface area contributed by atoms with Crippen LogP contribution in [0.15, 0.2) is 261 Å². The van der Waals surface area contributed by atoms with Gasteiger partial charge in [0, 0.05) is 16.9 Å². The van der Waals surface area contributed by atoms with Crippen molar-refractivity contribution in [2.45, 2.75) is 5.41 Å². The predicted octanol–water partition coefficient (Wildman–Crippen LogP) is 19.2. The Morgan fingerprint density at radius 3 is 1.15 bits per heavy atom. The van der Waals surface area contributed by atoms with E-state index in [0.29, 0.717) is 0 Å². The van der Waals surface area contributed by atoms with Crippen molar-refractivity contribution in [1.29, 1.82) is 0 Å². The lowest BCUT2D eigenvalue weighted by Crippen LogP contribution is -2.26. The molecule has 0 fully saturated rings. The van der Waals surface area contributed by atoms with Crippen molar-refractivity contribution in [3.05, 3.63) is 283 Å². The largest absolute Gasteiger partial charge is 0.310 e. The van der Waals surface area contributed by atoms with E-state index in [1.165, 1.54) is 131 Å². The first-order chi connectivity index (χ1) is 35.7. The Kier molecular flexibility index (Phi) is 8.16. The molecule has 0 saturated carbocycles. The van der Waals surface area contributed by atoms with Crippen LogP contribution in [0.3, 0.4) is 0 Å². The van der Waals surface area contributed by atoms with Crippen LogP contribution in [-0.2, 0) is 5.41 Å². The highest BCUT2D eigenvalue weighted by Gasteiger charge is 2.52. The van der Waals surface area contributed by atoms with Crippen LogP contribution in [-0.4, -0.2) is 0 Å². The van der Waals surface area contributed by atoms with E-state index < -0.39 is 5.41 Å². The fraction of sp³-hybridized carbons (Fsp3) is 0.0141. The maximum atomic E-state index is 2.59. The fourth-order valence-electron chi connectivity index (χ4n) is 13.4. The monoisotopic (exact) mass is 909 g/mol. The van der Waals surface area contributed by atoms with E-state index >= 15 is 0 Å². The van der Waals surface area contributed by atoms with Gasteiger partial charge in [0.1, 0.15) is 0 Å². The maximum Gasteiger partial charge on any atom is 0.0726 e. The molecule has 1 spiro atoms. The second kappa shape index (κ2) is 14.9. The van der Waals surface area contributed by atoms with Crippen LogP contribution >= 0.6 is 0 Å². The van der Waals surface area contributed by atoms with Crippen LogP contribution in [0, 0.1) is 0 Å². The zero-order chi connectivity index (χ0) is 47.1. The SMILES string of the molecule is c1ccc2c(c1)-c1ccccc1C21c2ccccc2-c2cc(-c3ccc4c5ccccc5c5ccccc5c4c3)c(N(c3ccc4ccccc4c3)c3ccc4c5ccccc5c5ccccc5c4c3)cc21. The highest BCUT2D eigenvalue weighted by molar-refractivity contribution is 6.27. The predicted molar refractivity (Wildman–Crippen MR) is 305 cm³/mol. The zero-order valence-corrected chi connectivity index (χ0v) is 39.3. The van der Waals surface area contributed by atoms with Crippen LogP contribution in [0.5, 0.6) is 0 Å². The average molecular weight is 910 g/mol. The smallest absolute Gasteiger partial charge is 0.0726 e. The van der Waals surface area contributed by atoms with E-state index in [1.54, 1.807) is 0 Å². The molecule has 16 rings (SSSR count). The molecule has 0 bridgehead atoms. The van der Waals surface area contributed by atoms with Gasteiger partial charge in [-0.05, 0) is 168 Å². The van der Waals surface area contributed by atoms with Gasteiger partial charge in [0.25, 0.3) is 0 Å². The lowest BCUT2D eigenvalue weighted by Gasteiger charge is -2.33. The summed E-state index contributed by atoms with van der Waals surface area (Å²) in [6.45, 7) is 0. The third-order valence-corrected chi connectivity index (χ3v) is 16.4. The topological polar surface area (TPSA) is 3.24 Å². The van der Waals surface area contributed by atoms with Gasteiger partial charge in [-0.2, -0.15) is 0 Å². The van der Waals surface area contributed by atoms with Crippen molar-refractivity contribution in [1.82, 2.24) is 0 Å². The molecule has 0 saturated heterocycles. The summed E-state index contributed by atoms with van der Waals surface area (Å²) in [4.78, 5) is 2.57. The minimum Gasteiger partial charge on any atom is -0.310 e. The van der Waals surface area contributed by atoms with Gasteiger partial charge in [0.05, 0.1) is 11.1 Å². The minimum absolute atomic E-state index is 0.529. The number of anilines is 3. The van der Waals surface area contributed by atoms with Gasteiger partial charge in [0.15, 0.2) is 0 Å². The average Bonchev–Trinajstić information content (AvgIpc) is 3.92. The van der Waals surface area contributed by atoms with Crippen LogP contribution in [0.1, 0.15) is 22.3 Å². The van der Waals surface area contributed by atoms with Gasteiger partial charge < -0.3 is 4.90 Å². The molecule has 0 atom stereocenters. The molecule has 2 aliphatic carbocycles. The summed E-state index contributed by atoms with van der Waals surface area (Å²) in [6.07, 6.45) is 0. The van der Waals surface area contributed by atoms with Crippen molar-refractivity contribution in [2.24, 2.45) is 0 Å². The van der Waals surface area contributed by atoms with Gasteiger partial charge in [-0.25, -0.2) is 0 Å². The lowest BCUT2D eigenvalue weighted by atomic mass is 9.70. The van der Waals surface area contributed by atoms with Gasteiger partial charge in [-0.3, -0.25) is 0 Å². The summed E-state index contributed by atoms with van der Waals surface area (Å²) in [5, 5.41) is 17.6. The fourth-order valence-corrected chi connectivity index (χ4v) is 13.4. The van der Waals surface area contributed by atoms with Crippen LogP contribution < -0.4 is 4.90 Å². The van der Waals surface area contributed by atoms with Crippen molar-refractivity contribution in [3.63, 3.8) is 0 Å². The number of nitrogens with zero attached hydrogens (tertiary/aromatic N) is 1. The third kappa shape index (κ3) is 5.32. The molecule has 0 amide bonds. The molecule has 332 valence electrons. The molecule has 1 nitrogen and oxygen atoms in total. The van der Waals surface area contributed by atoms with Gasteiger partial charge in [-0.1, -0.05) is 218 Å². The summed E-state index contributed by atoms with van der Waals surface area (Å²) in [6, 6.07) is 98.5. The molecule has 0 radical (unpaired) electrons. The molecule has 14 aromatic carbocycles. The Balaban J connectivity index is 1.06. The van der Waals surface area contributed by atoms with E-state index in [-0.39, 0.29) is 0 Å². The molecule has 14 aromatic rings. The highest BCUT2D eigenvalue weighted by Crippen LogP contribution is 2.64. The van der Waals surface area contributed by atoms with Crippen LogP contribution in [0.25, 0.3) is 109 Å². The van der Waals surface area contributed by atoms with E-state index in [2.05, 4.69) is 266 Å². The molecular formula is C71H43N. The highest BCUT2D eigenvalue weighted by atomic mass is 15.1. The first-order valence-corrected chi connectivity index (χ1v) is 25.2. The van der Waals surface area contributed by atoms with Crippen molar-refractivity contribution < 1.29 is 0 Å². The van der Waals surface area contributed by atoms with Gasteiger partial charge in [-0.15, -0.1) is 0 Å². The second-order valence-corrected chi connectivity index (χ2v) is 19.8. The lowest BCUT2D eigenvalue weighted by molar-refractivity contribution is 0.794.